The van der Waals surface area contributed by atoms with Crippen LogP contribution in [0.4, 0.5) is 5.69 Å². The van der Waals surface area contributed by atoms with Crippen molar-refractivity contribution in [2.45, 2.75) is 43.0 Å². The van der Waals surface area contributed by atoms with Crippen LogP contribution in [0.1, 0.15) is 38.2 Å². The van der Waals surface area contributed by atoms with Gasteiger partial charge in [0.15, 0.2) is 0 Å². The second-order valence-electron chi connectivity index (χ2n) is 5.14. The van der Waals surface area contributed by atoms with Gasteiger partial charge >= 0.3 is 0 Å². The van der Waals surface area contributed by atoms with Crippen LogP contribution in [0.2, 0.25) is 0 Å². The molecule has 1 aromatic carbocycles. The number of hydrogen-bond acceptors (Lipinski definition) is 3. The van der Waals surface area contributed by atoms with Gasteiger partial charge in [0.2, 0.25) is 0 Å². The van der Waals surface area contributed by atoms with Gasteiger partial charge in [-0.15, -0.1) is 11.8 Å². The number of benzene rings is 1. The van der Waals surface area contributed by atoms with Crippen LogP contribution >= 0.6 is 24.0 Å². The molecule has 1 saturated carbocycles. The van der Waals surface area contributed by atoms with Crippen molar-refractivity contribution in [2.24, 2.45) is 5.73 Å². The van der Waals surface area contributed by atoms with Gasteiger partial charge in [-0.1, -0.05) is 31.1 Å². The molecule has 4 heteroatoms. The highest BCUT2D eigenvalue weighted by Gasteiger charge is 2.29. The lowest BCUT2D eigenvalue weighted by Gasteiger charge is -2.28. The minimum absolute atomic E-state index is 0.191. The van der Waals surface area contributed by atoms with Crippen molar-refractivity contribution in [2.75, 3.05) is 11.6 Å². The van der Waals surface area contributed by atoms with Crippen LogP contribution in [0.5, 0.6) is 0 Å². The largest absolute Gasteiger partial charge is 0.389 e. The highest BCUT2D eigenvalue weighted by atomic mass is 32.2. The SMILES string of the molecule is CSc1cccc(NC2(C)CCCC2)c1C(N)=S. The third-order valence-corrected chi connectivity index (χ3v) is 4.62. The topological polar surface area (TPSA) is 38.0 Å². The highest BCUT2D eigenvalue weighted by molar-refractivity contribution is 7.98. The number of nitrogens with two attached hydrogens (primary N) is 1. The number of thiocarbonyl (C=S) groups is 1. The molecule has 2 nitrogen and oxygen atoms in total. The van der Waals surface area contributed by atoms with Crippen LogP contribution in [0, 0.1) is 0 Å². The average Bonchev–Trinajstić information content (AvgIpc) is 2.75. The molecule has 1 aromatic rings. The van der Waals surface area contributed by atoms with E-state index in [2.05, 4.69) is 36.7 Å². The molecular formula is C14H20N2S2. The molecule has 0 radical (unpaired) electrons. The summed E-state index contributed by atoms with van der Waals surface area (Å²) in [5.74, 6) is 0. The zero-order chi connectivity index (χ0) is 13.2. The standard InChI is InChI=1S/C14H20N2S2/c1-14(8-3-4-9-14)16-10-6-5-7-11(18-2)12(10)13(15)17/h5-7,16H,3-4,8-9H2,1-2H3,(H2,15,17). The van der Waals surface area contributed by atoms with E-state index in [0.29, 0.717) is 4.99 Å². The molecule has 98 valence electrons. The van der Waals surface area contributed by atoms with E-state index in [1.54, 1.807) is 11.8 Å². The Balaban J connectivity index is 2.35. The van der Waals surface area contributed by atoms with Crippen molar-refractivity contribution < 1.29 is 0 Å². The van der Waals surface area contributed by atoms with Crippen molar-refractivity contribution in [3.8, 4) is 0 Å². The van der Waals surface area contributed by atoms with E-state index in [4.69, 9.17) is 18.0 Å². The smallest absolute Gasteiger partial charge is 0.107 e. The Kier molecular flexibility index (Phi) is 4.17. The Morgan fingerprint density at radius 1 is 1.39 bits per heavy atom. The lowest BCUT2D eigenvalue weighted by molar-refractivity contribution is 0.533. The maximum absolute atomic E-state index is 5.89. The monoisotopic (exact) mass is 280 g/mol. The van der Waals surface area contributed by atoms with E-state index in [1.807, 2.05) is 0 Å². The van der Waals surface area contributed by atoms with Gasteiger partial charge in [-0.2, -0.15) is 0 Å². The minimum Gasteiger partial charge on any atom is -0.389 e. The Hall–Kier alpha value is -0.740. The Labute approximate surface area is 119 Å². The lowest BCUT2D eigenvalue weighted by Crippen LogP contribution is -2.32. The van der Waals surface area contributed by atoms with E-state index in [-0.39, 0.29) is 5.54 Å². The van der Waals surface area contributed by atoms with Crippen molar-refractivity contribution in [3.63, 3.8) is 0 Å². The van der Waals surface area contributed by atoms with Crippen LogP contribution in [-0.4, -0.2) is 16.8 Å². The van der Waals surface area contributed by atoms with E-state index in [0.717, 1.165) is 16.1 Å². The first kappa shape index (κ1) is 13.7. The van der Waals surface area contributed by atoms with Crippen molar-refractivity contribution in [3.05, 3.63) is 23.8 Å². The molecule has 0 aromatic heterocycles. The van der Waals surface area contributed by atoms with Crippen LogP contribution < -0.4 is 11.1 Å². The van der Waals surface area contributed by atoms with Crippen molar-refractivity contribution in [1.82, 2.24) is 0 Å². The number of thioether (sulfide) groups is 1. The molecule has 0 heterocycles. The van der Waals surface area contributed by atoms with Gasteiger partial charge in [0, 0.05) is 21.7 Å². The van der Waals surface area contributed by atoms with Crippen molar-refractivity contribution in [1.29, 1.82) is 0 Å². The first-order valence-corrected chi connectivity index (χ1v) is 7.94. The molecule has 18 heavy (non-hydrogen) atoms. The Morgan fingerprint density at radius 2 is 2.06 bits per heavy atom. The fourth-order valence-electron chi connectivity index (χ4n) is 2.67. The number of hydrogen-bond donors (Lipinski definition) is 2. The summed E-state index contributed by atoms with van der Waals surface area (Å²) in [6.07, 6.45) is 7.08. The Bertz CT molecular complexity index is 451. The zero-order valence-corrected chi connectivity index (χ0v) is 12.6. The average molecular weight is 280 g/mol. The molecule has 0 bridgehead atoms. The third-order valence-electron chi connectivity index (χ3n) is 3.64. The second kappa shape index (κ2) is 5.49. The molecule has 0 saturated heterocycles. The maximum Gasteiger partial charge on any atom is 0.107 e. The van der Waals surface area contributed by atoms with E-state index in [9.17, 15) is 0 Å². The molecule has 1 fully saturated rings. The Morgan fingerprint density at radius 3 is 2.61 bits per heavy atom. The van der Waals surface area contributed by atoms with E-state index >= 15 is 0 Å². The first-order chi connectivity index (χ1) is 8.56. The van der Waals surface area contributed by atoms with Gasteiger partial charge in [-0.25, -0.2) is 0 Å². The van der Waals surface area contributed by atoms with Crippen LogP contribution in [0.25, 0.3) is 0 Å². The van der Waals surface area contributed by atoms with Crippen LogP contribution in [0.15, 0.2) is 23.1 Å². The summed E-state index contributed by atoms with van der Waals surface area (Å²) < 4.78 is 0. The van der Waals surface area contributed by atoms with Gasteiger partial charge in [0.25, 0.3) is 0 Å². The quantitative estimate of drug-likeness (QED) is 0.650. The number of rotatable bonds is 4. The summed E-state index contributed by atoms with van der Waals surface area (Å²) in [5, 5.41) is 3.66. The molecule has 1 aliphatic carbocycles. The fraction of sp³-hybridized carbons (Fsp3) is 0.500. The summed E-state index contributed by atoms with van der Waals surface area (Å²) in [4.78, 5) is 1.62. The maximum atomic E-state index is 5.89. The van der Waals surface area contributed by atoms with Crippen LogP contribution in [-0.2, 0) is 0 Å². The summed E-state index contributed by atoms with van der Waals surface area (Å²) in [6.45, 7) is 2.29. The molecule has 0 aliphatic heterocycles. The predicted molar refractivity (Wildman–Crippen MR) is 84.6 cm³/mol. The summed E-state index contributed by atoms with van der Waals surface area (Å²) in [6, 6.07) is 6.22. The third kappa shape index (κ3) is 2.81. The fourth-order valence-corrected chi connectivity index (χ4v) is 3.59. The van der Waals surface area contributed by atoms with Crippen LogP contribution in [0.3, 0.4) is 0 Å². The normalized spacial score (nSPS) is 17.7. The predicted octanol–water partition coefficient (Wildman–Crippen LogP) is 3.79. The molecule has 1 aliphatic rings. The molecule has 2 rings (SSSR count). The number of nitrogens with one attached hydrogen (secondary N) is 1. The summed E-state index contributed by atoms with van der Waals surface area (Å²) >= 11 is 6.89. The van der Waals surface area contributed by atoms with Gasteiger partial charge in [0.05, 0.1) is 0 Å². The molecule has 0 amide bonds. The second-order valence-corrected chi connectivity index (χ2v) is 6.43. The first-order valence-electron chi connectivity index (χ1n) is 6.31. The molecule has 0 atom stereocenters. The summed E-state index contributed by atoms with van der Waals surface area (Å²) in [5.41, 5.74) is 8.15. The minimum atomic E-state index is 0.191. The molecule has 3 N–H and O–H groups in total. The van der Waals surface area contributed by atoms with Gasteiger partial charge < -0.3 is 11.1 Å². The lowest BCUT2D eigenvalue weighted by atomic mass is 9.99. The molecule has 0 spiro atoms. The highest BCUT2D eigenvalue weighted by Crippen LogP contribution is 2.35. The van der Waals surface area contributed by atoms with Gasteiger partial charge in [0.1, 0.15) is 4.99 Å². The van der Waals surface area contributed by atoms with Crippen molar-refractivity contribution >= 4 is 34.7 Å². The summed E-state index contributed by atoms with van der Waals surface area (Å²) in [7, 11) is 0. The molecule has 0 unspecified atom stereocenters. The zero-order valence-electron chi connectivity index (χ0n) is 11.0. The number of anilines is 1. The van der Waals surface area contributed by atoms with Gasteiger partial charge in [-0.3, -0.25) is 0 Å². The van der Waals surface area contributed by atoms with E-state index < -0.39 is 0 Å². The molecular weight excluding hydrogens is 260 g/mol. The van der Waals surface area contributed by atoms with Gasteiger partial charge in [-0.05, 0) is 38.2 Å². The van der Waals surface area contributed by atoms with E-state index in [1.165, 1.54) is 25.7 Å².